The Morgan fingerprint density at radius 1 is 1.39 bits per heavy atom. The van der Waals surface area contributed by atoms with Crippen LogP contribution in [-0.2, 0) is 19.6 Å². The number of benzene rings is 1. The van der Waals surface area contributed by atoms with E-state index in [2.05, 4.69) is 41.3 Å². The zero-order valence-electron chi connectivity index (χ0n) is 9.44. The number of esters is 1. The lowest BCUT2D eigenvalue weighted by Gasteiger charge is -2.08. The molecule has 0 saturated heterocycles. The van der Waals surface area contributed by atoms with Gasteiger partial charge in [0.1, 0.15) is 6.54 Å². The monoisotopic (exact) mass is 399 g/mol. The Morgan fingerprint density at radius 2 is 2.06 bits per heavy atom. The summed E-state index contributed by atoms with van der Waals surface area (Å²) in [6.45, 7) is 1.47. The SMILES string of the molecule is CCOC(=O)CNS(=O)(=O)c1ccc(Br)cc1Br. The largest absolute Gasteiger partial charge is 0.465 e. The van der Waals surface area contributed by atoms with Gasteiger partial charge in [-0.1, -0.05) is 15.9 Å². The lowest BCUT2D eigenvalue weighted by molar-refractivity contribution is -0.141. The van der Waals surface area contributed by atoms with Gasteiger partial charge in [0.15, 0.2) is 0 Å². The summed E-state index contributed by atoms with van der Waals surface area (Å²) in [6.07, 6.45) is 0. The van der Waals surface area contributed by atoms with Gasteiger partial charge >= 0.3 is 5.97 Å². The summed E-state index contributed by atoms with van der Waals surface area (Å²) >= 11 is 6.38. The molecule has 5 nitrogen and oxygen atoms in total. The van der Waals surface area contributed by atoms with Crippen LogP contribution in [0.25, 0.3) is 0 Å². The first-order valence-electron chi connectivity index (χ1n) is 4.97. The molecular weight excluding hydrogens is 390 g/mol. The van der Waals surface area contributed by atoms with Crippen LogP contribution in [0.5, 0.6) is 0 Å². The zero-order chi connectivity index (χ0) is 13.8. The Labute approximate surface area is 122 Å². The van der Waals surface area contributed by atoms with Crippen LogP contribution in [0.15, 0.2) is 32.0 Å². The van der Waals surface area contributed by atoms with Crippen molar-refractivity contribution in [2.75, 3.05) is 13.2 Å². The Balaban J connectivity index is 2.83. The fourth-order valence-electron chi connectivity index (χ4n) is 1.14. The summed E-state index contributed by atoms with van der Waals surface area (Å²) in [5, 5.41) is 0. The van der Waals surface area contributed by atoms with Gasteiger partial charge in [0.05, 0.1) is 11.5 Å². The van der Waals surface area contributed by atoms with Gasteiger partial charge in [-0.15, -0.1) is 0 Å². The molecule has 0 bridgehead atoms. The molecule has 0 fully saturated rings. The van der Waals surface area contributed by atoms with Crippen molar-refractivity contribution in [2.45, 2.75) is 11.8 Å². The number of hydrogen-bond acceptors (Lipinski definition) is 4. The van der Waals surface area contributed by atoms with E-state index >= 15 is 0 Å². The molecule has 1 aromatic rings. The van der Waals surface area contributed by atoms with Crippen molar-refractivity contribution in [1.29, 1.82) is 0 Å². The summed E-state index contributed by atoms with van der Waals surface area (Å²) in [4.78, 5) is 11.2. The van der Waals surface area contributed by atoms with E-state index in [1.807, 2.05) is 0 Å². The predicted molar refractivity (Wildman–Crippen MR) is 73.7 cm³/mol. The lowest BCUT2D eigenvalue weighted by atomic mass is 10.4. The summed E-state index contributed by atoms with van der Waals surface area (Å²) in [5.41, 5.74) is 0. The van der Waals surface area contributed by atoms with Crippen molar-refractivity contribution in [3.8, 4) is 0 Å². The molecule has 0 amide bonds. The van der Waals surface area contributed by atoms with Crippen molar-refractivity contribution in [2.24, 2.45) is 0 Å². The highest BCUT2D eigenvalue weighted by Crippen LogP contribution is 2.25. The number of halogens is 2. The van der Waals surface area contributed by atoms with E-state index in [1.54, 1.807) is 19.1 Å². The summed E-state index contributed by atoms with van der Waals surface area (Å²) in [7, 11) is -3.74. The number of hydrogen-bond donors (Lipinski definition) is 1. The van der Waals surface area contributed by atoms with Crippen LogP contribution in [0, 0.1) is 0 Å². The number of carbonyl (C=O) groups is 1. The van der Waals surface area contributed by atoms with Crippen LogP contribution < -0.4 is 4.72 Å². The molecule has 0 aliphatic carbocycles. The number of ether oxygens (including phenoxy) is 1. The van der Waals surface area contributed by atoms with Gasteiger partial charge in [-0.25, -0.2) is 8.42 Å². The Hall–Kier alpha value is -0.440. The highest BCUT2D eigenvalue weighted by Gasteiger charge is 2.18. The van der Waals surface area contributed by atoms with Crippen LogP contribution in [0.4, 0.5) is 0 Å². The van der Waals surface area contributed by atoms with Gasteiger partial charge in [0.25, 0.3) is 0 Å². The first kappa shape index (κ1) is 15.6. The average molecular weight is 401 g/mol. The van der Waals surface area contributed by atoms with Crippen molar-refractivity contribution in [3.63, 3.8) is 0 Å². The standard InChI is InChI=1S/C10H11Br2NO4S/c1-2-17-10(14)6-13-18(15,16)9-4-3-7(11)5-8(9)12/h3-5,13H,2,6H2,1H3. The van der Waals surface area contributed by atoms with Gasteiger partial charge < -0.3 is 4.74 Å². The van der Waals surface area contributed by atoms with Crippen molar-refractivity contribution >= 4 is 47.9 Å². The molecule has 18 heavy (non-hydrogen) atoms. The minimum Gasteiger partial charge on any atom is -0.465 e. The quantitative estimate of drug-likeness (QED) is 0.767. The second-order valence-corrected chi connectivity index (χ2v) is 6.71. The van der Waals surface area contributed by atoms with E-state index < -0.39 is 22.5 Å². The van der Waals surface area contributed by atoms with E-state index in [4.69, 9.17) is 0 Å². The molecular formula is C10H11Br2NO4S. The molecule has 0 heterocycles. The summed E-state index contributed by atoms with van der Waals surface area (Å²) in [5.74, 6) is -0.616. The van der Waals surface area contributed by atoms with Crippen LogP contribution in [0.1, 0.15) is 6.92 Å². The number of sulfonamides is 1. The summed E-state index contributed by atoms with van der Waals surface area (Å²) in [6, 6.07) is 4.64. The van der Waals surface area contributed by atoms with Gasteiger partial charge in [-0.3, -0.25) is 4.79 Å². The van der Waals surface area contributed by atoms with E-state index in [0.29, 0.717) is 4.47 Å². The maximum atomic E-state index is 11.9. The van der Waals surface area contributed by atoms with Crippen LogP contribution in [0.3, 0.4) is 0 Å². The van der Waals surface area contributed by atoms with Crippen molar-refractivity contribution in [3.05, 3.63) is 27.1 Å². The molecule has 1 aromatic carbocycles. The minimum atomic E-state index is -3.74. The molecule has 1 rings (SSSR count). The molecule has 0 aliphatic rings. The predicted octanol–water partition coefficient (Wildman–Crippen LogP) is 2.05. The van der Waals surface area contributed by atoms with Gasteiger partial charge in [-0.2, -0.15) is 4.72 Å². The van der Waals surface area contributed by atoms with Crippen LogP contribution in [-0.4, -0.2) is 27.5 Å². The van der Waals surface area contributed by atoms with E-state index in [1.165, 1.54) is 6.07 Å². The third kappa shape index (κ3) is 4.34. The van der Waals surface area contributed by atoms with Gasteiger partial charge in [0, 0.05) is 8.95 Å². The third-order valence-corrected chi connectivity index (χ3v) is 4.77. The molecule has 1 N–H and O–H groups in total. The topological polar surface area (TPSA) is 72.5 Å². The molecule has 0 atom stereocenters. The fraction of sp³-hybridized carbons (Fsp3) is 0.300. The lowest BCUT2D eigenvalue weighted by Crippen LogP contribution is -2.30. The Bertz CT molecular complexity index is 545. The van der Waals surface area contributed by atoms with Crippen LogP contribution in [0.2, 0.25) is 0 Å². The minimum absolute atomic E-state index is 0.0648. The average Bonchev–Trinajstić information content (AvgIpc) is 2.26. The molecule has 0 radical (unpaired) electrons. The highest BCUT2D eigenvalue weighted by atomic mass is 79.9. The molecule has 100 valence electrons. The molecule has 0 unspecified atom stereocenters. The fourth-order valence-corrected chi connectivity index (χ4v) is 3.85. The Kier molecular flexibility index (Phi) is 5.77. The third-order valence-electron chi connectivity index (χ3n) is 1.90. The molecule has 0 aromatic heterocycles. The molecule has 8 heteroatoms. The van der Waals surface area contributed by atoms with Gasteiger partial charge in [0.2, 0.25) is 10.0 Å². The number of rotatable bonds is 5. The normalized spacial score (nSPS) is 11.3. The number of carbonyl (C=O) groups excluding carboxylic acids is 1. The molecule has 0 aliphatic heterocycles. The maximum Gasteiger partial charge on any atom is 0.321 e. The Morgan fingerprint density at radius 3 is 2.61 bits per heavy atom. The molecule has 0 spiro atoms. The van der Waals surface area contributed by atoms with Crippen molar-refractivity contribution < 1.29 is 17.9 Å². The highest BCUT2D eigenvalue weighted by molar-refractivity contribution is 9.11. The first-order valence-corrected chi connectivity index (χ1v) is 8.04. The summed E-state index contributed by atoms with van der Waals surface area (Å²) < 4.78 is 31.8. The number of nitrogens with one attached hydrogen (secondary N) is 1. The van der Waals surface area contributed by atoms with Gasteiger partial charge in [-0.05, 0) is 41.1 Å². The molecule has 0 saturated carbocycles. The second kappa shape index (κ2) is 6.65. The zero-order valence-corrected chi connectivity index (χ0v) is 13.4. The second-order valence-electron chi connectivity index (χ2n) is 3.20. The van der Waals surface area contributed by atoms with Crippen molar-refractivity contribution in [1.82, 2.24) is 4.72 Å². The van der Waals surface area contributed by atoms with E-state index in [0.717, 1.165) is 4.47 Å². The smallest absolute Gasteiger partial charge is 0.321 e. The van der Waals surface area contributed by atoms with E-state index in [9.17, 15) is 13.2 Å². The van der Waals surface area contributed by atoms with E-state index in [-0.39, 0.29) is 11.5 Å². The first-order chi connectivity index (χ1) is 8.36. The van der Waals surface area contributed by atoms with Crippen LogP contribution >= 0.6 is 31.9 Å². The maximum absolute atomic E-state index is 11.9.